The Hall–Kier alpha value is -3.09. The van der Waals surface area contributed by atoms with Crippen molar-refractivity contribution in [2.24, 2.45) is 0 Å². The third-order valence-corrected chi connectivity index (χ3v) is 4.65. The van der Waals surface area contributed by atoms with Crippen LogP contribution < -0.4 is 5.32 Å². The maximum absolute atomic E-state index is 12.7. The summed E-state index contributed by atoms with van der Waals surface area (Å²) in [7, 11) is 1.78. The summed E-state index contributed by atoms with van der Waals surface area (Å²) in [5.74, 6) is 0. The van der Waals surface area contributed by atoms with Gasteiger partial charge in [0.1, 0.15) is 0 Å². The van der Waals surface area contributed by atoms with E-state index in [1.807, 2.05) is 49.5 Å². The van der Waals surface area contributed by atoms with Crippen molar-refractivity contribution in [1.29, 1.82) is 0 Å². The number of amides is 2. The second-order valence-corrected chi connectivity index (χ2v) is 8.07. The molecular formula is C21H28N6O. The number of benzene rings is 1. The smallest absolute Gasteiger partial charge is 0.317 e. The van der Waals surface area contributed by atoms with Crippen molar-refractivity contribution in [3.63, 3.8) is 0 Å². The third kappa shape index (κ3) is 4.42. The first kappa shape index (κ1) is 19.7. The summed E-state index contributed by atoms with van der Waals surface area (Å²) in [6, 6.07) is 11.5. The number of aromatic nitrogens is 4. The maximum Gasteiger partial charge on any atom is 0.317 e. The van der Waals surface area contributed by atoms with Crippen LogP contribution >= 0.6 is 0 Å². The molecule has 148 valence electrons. The number of aromatic amines is 1. The zero-order valence-corrected chi connectivity index (χ0v) is 17.1. The average Bonchev–Trinajstić information content (AvgIpc) is 3.33. The topological polar surface area (TPSA) is 78.8 Å². The van der Waals surface area contributed by atoms with Crippen molar-refractivity contribution in [1.82, 2.24) is 30.2 Å². The lowest BCUT2D eigenvalue weighted by Gasteiger charge is -2.22. The highest BCUT2D eigenvalue weighted by Crippen LogP contribution is 2.22. The number of H-pyrrole nitrogens is 1. The predicted molar refractivity (Wildman–Crippen MR) is 109 cm³/mol. The Balaban J connectivity index is 1.67. The van der Waals surface area contributed by atoms with Gasteiger partial charge in [0, 0.05) is 24.9 Å². The molecule has 0 aliphatic rings. The average molecular weight is 380 g/mol. The Morgan fingerprint density at radius 3 is 2.68 bits per heavy atom. The SMILES string of the molecule is C[C@@H](NC(=O)N(C)Cc1cc(C(C)(C)C)n[nH]1)c1ccccc1-n1cccn1. The summed E-state index contributed by atoms with van der Waals surface area (Å²) in [4.78, 5) is 14.3. The van der Waals surface area contributed by atoms with Crippen LogP contribution in [0.4, 0.5) is 4.79 Å². The van der Waals surface area contributed by atoms with E-state index in [1.54, 1.807) is 22.8 Å². The summed E-state index contributed by atoms with van der Waals surface area (Å²) in [6.45, 7) is 8.77. The monoisotopic (exact) mass is 380 g/mol. The van der Waals surface area contributed by atoms with Crippen molar-refractivity contribution >= 4 is 6.03 Å². The molecule has 2 heterocycles. The molecule has 1 atom stereocenters. The summed E-state index contributed by atoms with van der Waals surface area (Å²) < 4.78 is 1.81. The molecule has 0 spiro atoms. The predicted octanol–water partition coefficient (Wildman–Crippen LogP) is 3.80. The quantitative estimate of drug-likeness (QED) is 0.707. The van der Waals surface area contributed by atoms with Crippen LogP contribution in [0.2, 0.25) is 0 Å². The maximum atomic E-state index is 12.7. The standard InChI is InChI=1S/C21H28N6O/c1-15(17-9-6-7-10-18(17)27-12-8-11-22-27)23-20(28)26(5)14-16-13-19(25-24-16)21(2,3)4/h6-13,15H,14H2,1-5H3,(H,23,28)(H,24,25)/t15-/m1/s1. The molecule has 0 saturated carbocycles. The first-order valence-electron chi connectivity index (χ1n) is 9.41. The Labute approximate surface area is 165 Å². The summed E-state index contributed by atoms with van der Waals surface area (Å²) in [6.07, 6.45) is 3.63. The van der Waals surface area contributed by atoms with Crippen molar-refractivity contribution in [3.8, 4) is 5.69 Å². The van der Waals surface area contributed by atoms with Crippen molar-refractivity contribution in [2.45, 2.75) is 45.7 Å². The zero-order valence-electron chi connectivity index (χ0n) is 17.1. The lowest BCUT2D eigenvalue weighted by Crippen LogP contribution is -2.38. The van der Waals surface area contributed by atoms with Gasteiger partial charge in [-0.25, -0.2) is 9.48 Å². The number of hydrogen-bond acceptors (Lipinski definition) is 3. The first-order valence-corrected chi connectivity index (χ1v) is 9.41. The van der Waals surface area contributed by atoms with E-state index in [-0.39, 0.29) is 17.5 Å². The van der Waals surface area contributed by atoms with Gasteiger partial charge in [0.05, 0.1) is 29.7 Å². The molecular weight excluding hydrogens is 352 g/mol. The van der Waals surface area contributed by atoms with Gasteiger partial charge in [0.15, 0.2) is 0 Å². The molecule has 0 fully saturated rings. The second-order valence-electron chi connectivity index (χ2n) is 8.07. The largest absolute Gasteiger partial charge is 0.331 e. The van der Waals surface area contributed by atoms with E-state index in [0.717, 1.165) is 22.6 Å². The number of nitrogens with one attached hydrogen (secondary N) is 2. The number of carbonyl (C=O) groups is 1. The molecule has 0 aliphatic carbocycles. The number of hydrogen-bond donors (Lipinski definition) is 2. The fraction of sp³-hybridized carbons (Fsp3) is 0.381. The molecule has 0 saturated heterocycles. The molecule has 1 aromatic carbocycles. The van der Waals surface area contributed by atoms with E-state index in [2.05, 4.69) is 41.4 Å². The molecule has 7 nitrogen and oxygen atoms in total. The second kappa shape index (κ2) is 7.88. The van der Waals surface area contributed by atoms with Gasteiger partial charge in [-0.05, 0) is 30.7 Å². The number of nitrogens with zero attached hydrogens (tertiary/aromatic N) is 4. The van der Waals surface area contributed by atoms with Crippen LogP contribution in [0.1, 0.15) is 50.7 Å². The van der Waals surface area contributed by atoms with Crippen LogP contribution in [0.3, 0.4) is 0 Å². The van der Waals surface area contributed by atoms with E-state index in [9.17, 15) is 4.79 Å². The number of para-hydroxylation sites is 1. The highest BCUT2D eigenvalue weighted by molar-refractivity contribution is 5.74. The molecule has 0 aliphatic heterocycles. The lowest BCUT2D eigenvalue weighted by atomic mass is 9.92. The molecule has 2 N–H and O–H groups in total. The van der Waals surface area contributed by atoms with Crippen LogP contribution in [0.5, 0.6) is 0 Å². The van der Waals surface area contributed by atoms with Crippen LogP contribution in [-0.2, 0) is 12.0 Å². The van der Waals surface area contributed by atoms with Crippen LogP contribution in [-0.4, -0.2) is 38.0 Å². The first-order chi connectivity index (χ1) is 13.3. The molecule has 2 aromatic heterocycles. The Kier molecular flexibility index (Phi) is 5.53. The summed E-state index contributed by atoms with van der Waals surface area (Å²) in [5.41, 5.74) is 3.82. The van der Waals surface area contributed by atoms with Crippen LogP contribution in [0.15, 0.2) is 48.8 Å². The molecule has 7 heteroatoms. The zero-order chi connectivity index (χ0) is 20.3. The van der Waals surface area contributed by atoms with Gasteiger partial charge < -0.3 is 10.2 Å². The lowest BCUT2D eigenvalue weighted by molar-refractivity contribution is 0.203. The molecule has 28 heavy (non-hydrogen) atoms. The van der Waals surface area contributed by atoms with Gasteiger partial charge in [-0.3, -0.25) is 5.10 Å². The summed E-state index contributed by atoms with van der Waals surface area (Å²) >= 11 is 0. The van der Waals surface area contributed by atoms with Gasteiger partial charge in [0.2, 0.25) is 0 Å². The molecule has 0 radical (unpaired) electrons. The highest BCUT2D eigenvalue weighted by Gasteiger charge is 2.20. The minimum Gasteiger partial charge on any atom is -0.331 e. The molecule has 2 amide bonds. The molecule has 0 bridgehead atoms. The minimum atomic E-state index is -0.165. The van der Waals surface area contributed by atoms with Crippen LogP contribution in [0, 0.1) is 0 Å². The Morgan fingerprint density at radius 1 is 1.29 bits per heavy atom. The van der Waals surface area contributed by atoms with E-state index in [0.29, 0.717) is 6.54 Å². The molecule has 0 unspecified atom stereocenters. The van der Waals surface area contributed by atoms with E-state index >= 15 is 0 Å². The van der Waals surface area contributed by atoms with Gasteiger partial charge in [-0.2, -0.15) is 10.2 Å². The summed E-state index contributed by atoms with van der Waals surface area (Å²) in [5, 5.41) is 14.8. The molecule has 3 rings (SSSR count). The van der Waals surface area contributed by atoms with E-state index in [1.165, 1.54) is 0 Å². The van der Waals surface area contributed by atoms with E-state index in [4.69, 9.17) is 0 Å². The van der Waals surface area contributed by atoms with Crippen LogP contribution in [0.25, 0.3) is 5.69 Å². The van der Waals surface area contributed by atoms with Crippen molar-refractivity contribution < 1.29 is 4.79 Å². The minimum absolute atomic E-state index is 0.0275. The highest BCUT2D eigenvalue weighted by atomic mass is 16.2. The van der Waals surface area contributed by atoms with Gasteiger partial charge in [-0.15, -0.1) is 0 Å². The number of rotatable bonds is 5. The molecule has 3 aromatic rings. The van der Waals surface area contributed by atoms with Crippen molar-refractivity contribution in [3.05, 3.63) is 65.7 Å². The van der Waals surface area contributed by atoms with E-state index < -0.39 is 0 Å². The van der Waals surface area contributed by atoms with Gasteiger partial charge >= 0.3 is 6.03 Å². The number of carbonyl (C=O) groups excluding carboxylic acids is 1. The van der Waals surface area contributed by atoms with Gasteiger partial charge in [0.25, 0.3) is 0 Å². The fourth-order valence-electron chi connectivity index (χ4n) is 3.00. The number of urea groups is 1. The Morgan fingerprint density at radius 2 is 2.04 bits per heavy atom. The van der Waals surface area contributed by atoms with Crippen molar-refractivity contribution in [2.75, 3.05) is 7.05 Å². The van der Waals surface area contributed by atoms with Gasteiger partial charge in [-0.1, -0.05) is 39.0 Å². The fourth-order valence-corrected chi connectivity index (χ4v) is 3.00. The Bertz CT molecular complexity index is 923. The third-order valence-electron chi connectivity index (χ3n) is 4.65. The normalized spacial score (nSPS) is 12.6.